The fraction of sp³-hybridized carbons (Fsp3) is 0.455. The lowest BCUT2D eigenvalue weighted by Gasteiger charge is -2.21. The van der Waals surface area contributed by atoms with Crippen LogP contribution in [0.4, 0.5) is 0 Å². The predicted octanol–water partition coefficient (Wildman–Crippen LogP) is 0.531. The highest BCUT2D eigenvalue weighted by Gasteiger charge is 2.28. The van der Waals surface area contributed by atoms with Gasteiger partial charge in [-0.2, -0.15) is 0 Å². The second kappa shape index (κ2) is 4.40. The molecule has 1 aliphatic rings. The summed E-state index contributed by atoms with van der Waals surface area (Å²) < 4.78 is 0. The smallest absolute Gasteiger partial charge is 0.234 e. The van der Waals surface area contributed by atoms with E-state index in [2.05, 4.69) is 9.88 Å². The van der Waals surface area contributed by atoms with Gasteiger partial charge in [-0.25, -0.2) is 0 Å². The van der Waals surface area contributed by atoms with E-state index in [9.17, 15) is 4.79 Å². The third kappa shape index (κ3) is 2.33. The van der Waals surface area contributed by atoms with E-state index in [1.807, 2.05) is 18.3 Å². The van der Waals surface area contributed by atoms with Crippen molar-refractivity contribution in [1.82, 2.24) is 9.88 Å². The first-order valence-corrected chi connectivity index (χ1v) is 5.19. The minimum absolute atomic E-state index is 0.0924. The van der Waals surface area contributed by atoms with Crippen molar-refractivity contribution in [2.45, 2.75) is 25.4 Å². The summed E-state index contributed by atoms with van der Waals surface area (Å²) >= 11 is 0. The maximum Gasteiger partial charge on any atom is 0.234 e. The molecule has 4 nitrogen and oxygen atoms in total. The van der Waals surface area contributed by atoms with Crippen LogP contribution in [0.2, 0.25) is 0 Å². The van der Waals surface area contributed by atoms with Gasteiger partial charge in [-0.15, -0.1) is 0 Å². The van der Waals surface area contributed by atoms with Crippen molar-refractivity contribution in [3.05, 3.63) is 30.1 Å². The van der Waals surface area contributed by atoms with Gasteiger partial charge in [-0.1, -0.05) is 6.07 Å². The molecule has 2 rings (SSSR count). The number of nitrogens with zero attached hydrogens (tertiary/aromatic N) is 2. The summed E-state index contributed by atoms with van der Waals surface area (Å²) in [5.41, 5.74) is 6.48. The molecule has 0 aromatic carbocycles. The van der Waals surface area contributed by atoms with Gasteiger partial charge in [-0.3, -0.25) is 14.7 Å². The van der Waals surface area contributed by atoms with Gasteiger partial charge in [0.05, 0.1) is 6.04 Å². The molecule has 1 unspecified atom stereocenters. The Morgan fingerprint density at radius 3 is 3.20 bits per heavy atom. The second-order valence-corrected chi connectivity index (χ2v) is 3.89. The number of rotatable bonds is 3. The van der Waals surface area contributed by atoms with Gasteiger partial charge in [0, 0.05) is 18.9 Å². The first-order valence-electron chi connectivity index (χ1n) is 5.19. The Morgan fingerprint density at radius 2 is 2.53 bits per heavy atom. The SMILES string of the molecule is NC(=O)C1CCCN1Cc1cccnc1. The average Bonchev–Trinajstić information content (AvgIpc) is 2.67. The number of nitrogens with two attached hydrogens (primary N) is 1. The van der Waals surface area contributed by atoms with Crippen LogP contribution < -0.4 is 5.73 Å². The molecule has 1 aromatic rings. The summed E-state index contributed by atoms with van der Waals surface area (Å²) in [7, 11) is 0. The van der Waals surface area contributed by atoms with E-state index in [0.717, 1.165) is 31.5 Å². The molecule has 15 heavy (non-hydrogen) atoms. The Hall–Kier alpha value is -1.42. The maximum atomic E-state index is 11.2. The largest absolute Gasteiger partial charge is 0.368 e. The van der Waals surface area contributed by atoms with E-state index >= 15 is 0 Å². The number of aromatic nitrogens is 1. The van der Waals surface area contributed by atoms with Crippen molar-refractivity contribution in [3.8, 4) is 0 Å². The zero-order valence-corrected chi connectivity index (χ0v) is 8.60. The fourth-order valence-corrected chi connectivity index (χ4v) is 2.06. The molecular formula is C11H15N3O. The molecule has 0 spiro atoms. The Balaban J connectivity index is 2.03. The van der Waals surface area contributed by atoms with Crippen molar-refractivity contribution >= 4 is 5.91 Å². The van der Waals surface area contributed by atoms with Gasteiger partial charge in [0.2, 0.25) is 5.91 Å². The maximum absolute atomic E-state index is 11.2. The summed E-state index contributed by atoms with van der Waals surface area (Å²) in [5, 5.41) is 0. The molecule has 1 fully saturated rings. The monoisotopic (exact) mass is 205 g/mol. The fourth-order valence-electron chi connectivity index (χ4n) is 2.06. The van der Waals surface area contributed by atoms with Gasteiger partial charge >= 0.3 is 0 Å². The van der Waals surface area contributed by atoms with Crippen molar-refractivity contribution in [2.24, 2.45) is 5.73 Å². The molecular weight excluding hydrogens is 190 g/mol. The third-order valence-corrected chi connectivity index (χ3v) is 2.80. The van der Waals surface area contributed by atoms with Crippen LogP contribution in [0, 0.1) is 0 Å². The van der Waals surface area contributed by atoms with E-state index in [0.29, 0.717) is 0 Å². The normalized spacial score (nSPS) is 21.7. The molecule has 1 saturated heterocycles. The van der Waals surface area contributed by atoms with Crippen molar-refractivity contribution in [1.29, 1.82) is 0 Å². The molecule has 1 amide bonds. The summed E-state index contributed by atoms with van der Waals surface area (Å²) in [4.78, 5) is 17.3. The minimum Gasteiger partial charge on any atom is -0.368 e. The number of hydrogen-bond donors (Lipinski definition) is 1. The number of amides is 1. The predicted molar refractivity (Wildman–Crippen MR) is 56.9 cm³/mol. The highest BCUT2D eigenvalue weighted by atomic mass is 16.1. The van der Waals surface area contributed by atoms with Crippen molar-refractivity contribution in [2.75, 3.05) is 6.54 Å². The Kier molecular flexibility index (Phi) is 2.97. The first-order chi connectivity index (χ1) is 7.27. The molecule has 2 heterocycles. The van der Waals surface area contributed by atoms with E-state index in [1.165, 1.54) is 0 Å². The third-order valence-electron chi connectivity index (χ3n) is 2.80. The van der Waals surface area contributed by atoms with E-state index in [-0.39, 0.29) is 11.9 Å². The molecule has 1 atom stereocenters. The van der Waals surface area contributed by atoms with Crippen molar-refractivity contribution < 1.29 is 4.79 Å². The van der Waals surface area contributed by atoms with Crippen LogP contribution in [0.25, 0.3) is 0 Å². The number of hydrogen-bond acceptors (Lipinski definition) is 3. The molecule has 4 heteroatoms. The minimum atomic E-state index is -0.212. The van der Waals surface area contributed by atoms with E-state index in [4.69, 9.17) is 5.73 Å². The van der Waals surface area contributed by atoms with Crippen molar-refractivity contribution in [3.63, 3.8) is 0 Å². The average molecular weight is 205 g/mol. The molecule has 0 bridgehead atoms. The molecule has 2 N–H and O–H groups in total. The van der Waals surface area contributed by atoms with Crippen LogP contribution in [-0.2, 0) is 11.3 Å². The molecule has 0 saturated carbocycles. The summed E-state index contributed by atoms with van der Waals surface area (Å²) in [6.45, 7) is 1.71. The number of carbonyl (C=O) groups excluding carboxylic acids is 1. The number of carbonyl (C=O) groups is 1. The lowest BCUT2D eigenvalue weighted by atomic mass is 10.2. The summed E-state index contributed by atoms with van der Waals surface area (Å²) in [6, 6.07) is 3.83. The van der Waals surface area contributed by atoms with Crippen LogP contribution in [-0.4, -0.2) is 28.4 Å². The van der Waals surface area contributed by atoms with Gasteiger partial charge < -0.3 is 5.73 Å². The van der Waals surface area contributed by atoms with E-state index < -0.39 is 0 Å². The number of pyridine rings is 1. The standard InChI is InChI=1S/C11H15N3O/c12-11(15)10-4-2-6-14(10)8-9-3-1-5-13-7-9/h1,3,5,7,10H,2,4,6,8H2,(H2,12,15). The first kappa shape index (κ1) is 10.1. The number of likely N-dealkylation sites (tertiary alicyclic amines) is 1. The van der Waals surface area contributed by atoms with Crippen LogP contribution >= 0.6 is 0 Å². The van der Waals surface area contributed by atoms with Gasteiger partial charge in [-0.05, 0) is 31.0 Å². The molecule has 1 aromatic heterocycles. The molecule has 0 radical (unpaired) electrons. The lowest BCUT2D eigenvalue weighted by molar-refractivity contribution is -0.122. The topological polar surface area (TPSA) is 59.2 Å². The zero-order chi connectivity index (χ0) is 10.7. The highest BCUT2D eigenvalue weighted by molar-refractivity contribution is 5.80. The summed E-state index contributed by atoms with van der Waals surface area (Å²) in [6.07, 6.45) is 5.51. The van der Waals surface area contributed by atoms with Gasteiger partial charge in [0.25, 0.3) is 0 Å². The van der Waals surface area contributed by atoms with E-state index in [1.54, 1.807) is 6.20 Å². The lowest BCUT2D eigenvalue weighted by Crippen LogP contribution is -2.39. The Morgan fingerprint density at radius 1 is 1.67 bits per heavy atom. The molecule has 1 aliphatic heterocycles. The number of primary amides is 1. The highest BCUT2D eigenvalue weighted by Crippen LogP contribution is 2.19. The Bertz CT molecular complexity index is 339. The second-order valence-electron chi connectivity index (χ2n) is 3.89. The van der Waals surface area contributed by atoms with Gasteiger partial charge in [0.15, 0.2) is 0 Å². The van der Waals surface area contributed by atoms with Crippen LogP contribution in [0.1, 0.15) is 18.4 Å². The Labute approximate surface area is 89.1 Å². The summed E-state index contributed by atoms with van der Waals surface area (Å²) in [5.74, 6) is -0.212. The van der Waals surface area contributed by atoms with Crippen LogP contribution in [0.15, 0.2) is 24.5 Å². The van der Waals surface area contributed by atoms with Crippen LogP contribution in [0.5, 0.6) is 0 Å². The molecule has 80 valence electrons. The quantitative estimate of drug-likeness (QED) is 0.783. The zero-order valence-electron chi connectivity index (χ0n) is 8.60. The van der Waals surface area contributed by atoms with Gasteiger partial charge in [0.1, 0.15) is 0 Å². The molecule has 0 aliphatic carbocycles. The van der Waals surface area contributed by atoms with Crippen LogP contribution in [0.3, 0.4) is 0 Å².